The summed E-state index contributed by atoms with van der Waals surface area (Å²) in [6.07, 6.45) is -0.913. The molecular weight excluding hydrogens is 587 g/mol. The van der Waals surface area contributed by atoms with Crippen LogP contribution in [0.5, 0.6) is 0 Å². The zero-order valence-electron chi connectivity index (χ0n) is 23.5. The van der Waals surface area contributed by atoms with E-state index in [0.717, 1.165) is 16.7 Å². The van der Waals surface area contributed by atoms with Crippen LogP contribution in [-0.4, -0.2) is 49.9 Å². The number of hydrogen-bond acceptors (Lipinski definition) is 7. The van der Waals surface area contributed by atoms with E-state index in [0.29, 0.717) is 36.0 Å². The molecule has 1 atom stereocenters. The molecule has 0 saturated carbocycles. The fourth-order valence-electron chi connectivity index (χ4n) is 4.66. The van der Waals surface area contributed by atoms with Crippen LogP contribution in [-0.2, 0) is 6.18 Å². The van der Waals surface area contributed by atoms with Gasteiger partial charge in [-0.15, -0.1) is 11.3 Å². The number of fused-ring (bicyclic) bond motifs is 1. The summed E-state index contributed by atoms with van der Waals surface area (Å²) < 4.78 is 41.8. The monoisotopic (exact) mass is 617 g/mol. The molecule has 1 unspecified atom stereocenters. The Balaban J connectivity index is 1.92. The second-order valence-corrected chi connectivity index (χ2v) is 11.2. The minimum atomic E-state index is -4.68. The molecule has 0 saturated heterocycles. The van der Waals surface area contributed by atoms with Crippen LogP contribution < -0.4 is 16.1 Å². The Labute approximate surface area is 248 Å². The van der Waals surface area contributed by atoms with Gasteiger partial charge in [-0.1, -0.05) is 26.8 Å². The number of carboxylic acid groups (broad SMARTS) is 1. The fraction of sp³-hybridized carbons (Fsp3) is 0.345. The van der Waals surface area contributed by atoms with Gasteiger partial charge < -0.3 is 20.1 Å². The first-order valence-electron chi connectivity index (χ1n) is 13.4. The summed E-state index contributed by atoms with van der Waals surface area (Å²) in [6.45, 7) is 5.88. The summed E-state index contributed by atoms with van der Waals surface area (Å²) in [5.74, 6) is -1.22. The van der Waals surface area contributed by atoms with Gasteiger partial charge in [-0.05, 0) is 42.5 Å². The number of aromatic carboxylic acids is 1. The van der Waals surface area contributed by atoms with Gasteiger partial charge in [0.1, 0.15) is 16.4 Å². The molecule has 0 bridgehead atoms. The van der Waals surface area contributed by atoms with Crippen molar-refractivity contribution in [3.63, 3.8) is 0 Å². The number of nitrogens with zero attached hydrogens (tertiary/aromatic N) is 3. The van der Waals surface area contributed by atoms with Crippen molar-refractivity contribution < 1.29 is 33.0 Å². The lowest BCUT2D eigenvalue weighted by Gasteiger charge is -2.23. The quantitative estimate of drug-likeness (QED) is 0.170. The molecule has 0 aliphatic heterocycles. The van der Waals surface area contributed by atoms with E-state index < -0.39 is 40.9 Å². The number of rotatable bonds is 10. The predicted octanol–water partition coefficient (Wildman–Crippen LogP) is 6.02. The number of benzene rings is 1. The molecule has 2 amide bonds. The lowest BCUT2D eigenvalue weighted by atomic mass is 9.98. The summed E-state index contributed by atoms with van der Waals surface area (Å²) in [5.41, 5.74) is -1.07. The minimum absolute atomic E-state index is 0.00388. The van der Waals surface area contributed by atoms with E-state index in [9.17, 15) is 37.8 Å². The molecule has 0 radical (unpaired) electrons. The van der Waals surface area contributed by atoms with Crippen LogP contribution in [0.4, 0.5) is 23.8 Å². The molecule has 0 fully saturated rings. The molecular formula is C29H30F3N5O5S. The van der Waals surface area contributed by atoms with Gasteiger partial charge >= 0.3 is 18.2 Å². The molecule has 10 nitrogen and oxygen atoms in total. The average molecular weight is 618 g/mol. The van der Waals surface area contributed by atoms with Gasteiger partial charge in [-0.3, -0.25) is 10.1 Å². The summed E-state index contributed by atoms with van der Waals surface area (Å²) >= 11 is 0.749. The number of anilines is 1. The number of amides is 2. The molecule has 0 aliphatic carbocycles. The van der Waals surface area contributed by atoms with Gasteiger partial charge in [-0.2, -0.15) is 13.2 Å². The molecule has 228 valence electrons. The van der Waals surface area contributed by atoms with Crippen molar-refractivity contribution in [3.05, 3.63) is 63.5 Å². The standard InChI is InChI=1S/C29H30F3N5O5S/c1-4-7-33-28(42)36-24-10-18(26-35-23(14-43-26)29(30,31)32)20(11-34-24)16-5-6-22-19(9-16)25(39)21(27(40)41)12-37(22)17(13-38)8-15(2)3/h5-6,9-12,14-15,17,38H,4,7-8,13H2,1-3H3,(H,40,41)(H2,33,34,36,42). The minimum Gasteiger partial charge on any atom is -0.477 e. The van der Waals surface area contributed by atoms with Crippen LogP contribution >= 0.6 is 11.3 Å². The molecule has 43 heavy (non-hydrogen) atoms. The molecule has 0 spiro atoms. The number of aliphatic hydroxyl groups excluding tert-OH is 1. The van der Waals surface area contributed by atoms with Crippen molar-refractivity contribution in [2.45, 2.75) is 45.8 Å². The van der Waals surface area contributed by atoms with E-state index in [1.54, 1.807) is 16.7 Å². The number of thiazole rings is 1. The number of carbonyl (C=O) groups is 2. The summed E-state index contributed by atoms with van der Waals surface area (Å²) in [5, 5.41) is 26.0. The van der Waals surface area contributed by atoms with Gasteiger partial charge in [0.05, 0.1) is 18.2 Å². The highest BCUT2D eigenvalue weighted by atomic mass is 32.1. The summed E-state index contributed by atoms with van der Waals surface area (Å²) in [7, 11) is 0. The number of nitrogens with one attached hydrogen (secondary N) is 2. The number of pyridine rings is 2. The lowest BCUT2D eigenvalue weighted by molar-refractivity contribution is -0.140. The van der Waals surface area contributed by atoms with Crippen LogP contribution in [0.15, 0.2) is 46.8 Å². The number of carbonyl (C=O) groups excluding carboxylic acids is 1. The van der Waals surface area contributed by atoms with Crippen molar-refractivity contribution >= 4 is 40.1 Å². The van der Waals surface area contributed by atoms with Gasteiger partial charge in [0, 0.05) is 40.8 Å². The molecule has 4 N–H and O–H groups in total. The van der Waals surface area contributed by atoms with Crippen molar-refractivity contribution in [2.75, 3.05) is 18.5 Å². The first-order valence-corrected chi connectivity index (χ1v) is 14.3. The van der Waals surface area contributed by atoms with E-state index in [1.807, 2.05) is 20.8 Å². The van der Waals surface area contributed by atoms with E-state index in [1.165, 1.54) is 24.5 Å². The highest BCUT2D eigenvalue weighted by Crippen LogP contribution is 2.39. The van der Waals surface area contributed by atoms with Crippen molar-refractivity contribution in [1.82, 2.24) is 19.9 Å². The number of urea groups is 1. The number of aliphatic hydroxyl groups is 1. The third-order valence-corrected chi connectivity index (χ3v) is 7.50. The van der Waals surface area contributed by atoms with Crippen LogP contribution in [0.2, 0.25) is 0 Å². The maximum Gasteiger partial charge on any atom is 0.434 e. The van der Waals surface area contributed by atoms with Crippen molar-refractivity contribution in [1.29, 1.82) is 0 Å². The molecule has 4 aromatic rings. The zero-order valence-corrected chi connectivity index (χ0v) is 24.3. The van der Waals surface area contributed by atoms with Crippen LogP contribution in [0, 0.1) is 5.92 Å². The number of carboxylic acids is 1. The third-order valence-electron chi connectivity index (χ3n) is 6.63. The Morgan fingerprint density at radius 1 is 1.16 bits per heavy atom. The fourth-order valence-corrected chi connectivity index (χ4v) is 5.51. The lowest BCUT2D eigenvalue weighted by Crippen LogP contribution is -2.29. The van der Waals surface area contributed by atoms with Crippen LogP contribution in [0.25, 0.3) is 32.6 Å². The van der Waals surface area contributed by atoms with Gasteiger partial charge in [0.25, 0.3) is 0 Å². The molecule has 3 aromatic heterocycles. The topological polar surface area (TPSA) is 146 Å². The zero-order chi connectivity index (χ0) is 31.5. The van der Waals surface area contributed by atoms with E-state index in [-0.39, 0.29) is 34.3 Å². The average Bonchev–Trinajstić information content (AvgIpc) is 3.46. The number of aromatic nitrogens is 3. The Kier molecular flexibility index (Phi) is 9.50. The smallest absolute Gasteiger partial charge is 0.434 e. The molecule has 1 aromatic carbocycles. The second-order valence-electron chi connectivity index (χ2n) is 10.3. The molecule has 3 heterocycles. The highest BCUT2D eigenvalue weighted by molar-refractivity contribution is 7.13. The SMILES string of the molecule is CCCNC(=O)Nc1cc(-c2nc(C(F)(F)F)cs2)c(-c2ccc3c(c2)c(=O)c(C(=O)O)cn3C(CO)CC(C)C)cn1. The summed E-state index contributed by atoms with van der Waals surface area (Å²) in [4.78, 5) is 45.6. The first kappa shape index (κ1) is 31.6. The van der Waals surface area contributed by atoms with E-state index in [2.05, 4.69) is 20.6 Å². The third kappa shape index (κ3) is 7.03. The number of halogens is 3. The number of hydrogen-bond donors (Lipinski definition) is 4. The Bertz CT molecular complexity index is 1720. The van der Waals surface area contributed by atoms with Crippen LogP contribution in [0.3, 0.4) is 0 Å². The number of alkyl halides is 3. The maximum absolute atomic E-state index is 13.4. The highest BCUT2D eigenvalue weighted by Gasteiger charge is 2.34. The maximum atomic E-state index is 13.4. The van der Waals surface area contributed by atoms with Gasteiger partial charge in [0.2, 0.25) is 5.43 Å². The summed E-state index contributed by atoms with van der Waals surface area (Å²) in [6, 6.07) is 5.00. The van der Waals surface area contributed by atoms with Crippen molar-refractivity contribution in [3.8, 4) is 21.7 Å². The normalized spacial score (nSPS) is 12.5. The van der Waals surface area contributed by atoms with E-state index in [4.69, 9.17) is 0 Å². The molecule has 0 aliphatic rings. The van der Waals surface area contributed by atoms with Crippen molar-refractivity contribution in [2.24, 2.45) is 5.92 Å². The predicted molar refractivity (Wildman–Crippen MR) is 157 cm³/mol. The second kappa shape index (κ2) is 12.9. The first-order chi connectivity index (χ1) is 20.3. The van der Waals surface area contributed by atoms with Gasteiger partial charge in [0.15, 0.2) is 5.69 Å². The largest absolute Gasteiger partial charge is 0.477 e. The van der Waals surface area contributed by atoms with Crippen LogP contribution in [0.1, 0.15) is 55.7 Å². The van der Waals surface area contributed by atoms with Gasteiger partial charge in [-0.25, -0.2) is 19.6 Å². The van der Waals surface area contributed by atoms with E-state index >= 15 is 0 Å². The Morgan fingerprint density at radius 3 is 2.51 bits per heavy atom. The Morgan fingerprint density at radius 2 is 1.91 bits per heavy atom. The molecule has 4 rings (SSSR count). The Hall–Kier alpha value is -4.30. The molecule has 14 heteroatoms.